The summed E-state index contributed by atoms with van der Waals surface area (Å²) in [4.78, 5) is 0. The van der Waals surface area contributed by atoms with Gasteiger partial charge in [-0.25, -0.2) is 0 Å². The molecule has 20 heavy (non-hydrogen) atoms. The number of halogens is 1. The van der Waals surface area contributed by atoms with E-state index in [0.717, 1.165) is 5.75 Å². The third-order valence-electron chi connectivity index (χ3n) is 3.53. The summed E-state index contributed by atoms with van der Waals surface area (Å²) < 4.78 is 5.65. The predicted octanol–water partition coefficient (Wildman–Crippen LogP) is 3.03. The van der Waals surface area contributed by atoms with E-state index >= 15 is 0 Å². The quantitative estimate of drug-likeness (QED) is 0.813. The van der Waals surface area contributed by atoms with Gasteiger partial charge in [0, 0.05) is 12.6 Å². The Bertz CT molecular complexity index is 419. The maximum Gasteiger partial charge on any atom is 0.119 e. The molecule has 0 heterocycles. The van der Waals surface area contributed by atoms with Gasteiger partial charge in [0.25, 0.3) is 0 Å². The van der Waals surface area contributed by atoms with Crippen molar-refractivity contribution in [2.45, 2.75) is 51.7 Å². The molecule has 1 aliphatic rings. The van der Waals surface area contributed by atoms with Crippen molar-refractivity contribution in [3.8, 4) is 5.75 Å². The van der Waals surface area contributed by atoms with Gasteiger partial charge in [0.2, 0.25) is 0 Å². The van der Waals surface area contributed by atoms with Gasteiger partial charge >= 0.3 is 0 Å². The first kappa shape index (κ1) is 17.3. The molecule has 1 atom stereocenters. The molecule has 114 valence electrons. The van der Waals surface area contributed by atoms with Crippen molar-refractivity contribution in [3.63, 3.8) is 0 Å². The lowest BCUT2D eigenvalue weighted by molar-refractivity contribution is 0.106. The van der Waals surface area contributed by atoms with Crippen LogP contribution < -0.4 is 10.1 Å². The number of ether oxygens (including phenoxy) is 1. The molecule has 0 aromatic heterocycles. The molecule has 1 fully saturated rings. The van der Waals surface area contributed by atoms with E-state index in [2.05, 4.69) is 38.2 Å². The van der Waals surface area contributed by atoms with Gasteiger partial charge in [-0.05, 0) is 48.9 Å². The highest BCUT2D eigenvalue weighted by molar-refractivity contribution is 5.85. The molecule has 0 bridgehead atoms. The summed E-state index contributed by atoms with van der Waals surface area (Å²) in [7, 11) is 0. The highest BCUT2D eigenvalue weighted by atomic mass is 35.5. The summed E-state index contributed by atoms with van der Waals surface area (Å²) in [6, 6.07) is 6.78. The molecule has 1 unspecified atom stereocenters. The first-order valence-corrected chi connectivity index (χ1v) is 7.21. The normalized spacial score (nSPS) is 15.8. The number of hydrogen-bond donors (Lipinski definition) is 2. The number of hydrogen-bond acceptors (Lipinski definition) is 3. The molecule has 0 spiro atoms. The minimum absolute atomic E-state index is 0. The predicted molar refractivity (Wildman–Crippen MR) is 85.0 cm³/mol. The fourth-order valence-electron chi connectivity index (χ4n) is 2.23. The van der Waals surface area contributed by atoms with Crippen LogP contribution in [0, 0.1) is 6.92 Å². The summed E-state index contributed by atoms with van der Waals surface area (Å²) in [6.45, 7) is 7.45. The Morgan fingerprint density at radius 1 is 1.35 bits per heavy atom. The summed E-state index contributed by atoms with van der Waals surface area (Å²) in [5, 5.41) is 13.1. The van der Waals surface area contributed by atoms with E-state index in [1.165, 1.54) is 24.0 Å². The van der Waals surface area contributed by atoms with Crippen LogP contribution >= 0.6 is 12.4 Å². The van der Waals surface area contributed by atoms with Crippen LogP contribution in [0.25, 0.3) is 0 Å². The molecular formula is C16H26ClNO2. The maximum absolute atomic E-state index is 9.81. The molecular weight excluding hydrogens is 274 g/mol. The zero-order chi connectivity index (χ0) is 13.8. The van der Waals surface area contributed by atoms with E-state index in [-0.39, 0.29) is 12.4 Å². The topological polar surface area (TPSA) is 41.5 Å². The third-order valence-corrected chi connectivity index (χ3v) is 3.53. The van der Waals surface area contributed by atoms with E-state index in [4.69, 9.17) is 4.74 Å². The lowest BCUT2D eigenvalue weighted by Crippen LogP contribution is -2.32. The number of nitrogens with one attached hydrogen (secondary N) is 1. The SMILES string of the molecule is Cc1cc(OCC(O)CNC2CC2)ccc1C(C)C.Cl. The second-order valence-electron chi connectivity index (χ2n) is 5.82. The van der Waals surface area contributed by atoms with Crippen molar-refractivity contribution in [2.24, 2.45) is 0 Å². The average Bonchev–Trinajstić information content (AvgIpc) is 3.17. The maximum atomic E-state index is 9.81. The summed E-state index contributed by atoms with van der Waals surface area (Å²) in [6.07, 6.45) is 2.04. The number of benzene rings is 1. The minimum Gasteiger partial charge on any atom is -0.491 e. The Labute approximate surface area is 128 Å². The highest BCUT2D eigenvalue weighted by Gasteiger charge is 2.21. The van der Waals surface area contributed by atoms with Crippen LogP contribution in [0.1, 0.15) is 43.7 Å². The van der Waals surface area contributed by atoms with Gasteiger partial charge in [-0.3, -0.25) is 0 Å². The molecule has 2 rings (SSSR count). The largest absolute Gasteiger partial charge is 0.491 e. The second-order valence-corrected chi connectivity index (χ2v) is 5.82. The highest BCUT2D eigenvalue weighted by Crippen LogP contribution is 2.23. The first-order valence-electron chi connectivity index (χ1n) is 7.21. The molecule has 1 aromatic rings. The van der Waals surface area contributed by atoms with Gasteiger partial charge in [-0.2, -0.15) is 0 Å². The molecule has 0 saturated heterocycles. The van der Waals surface area contributed by atoms with Crippen molar-refractivity contribution >= 4 is 12.4 Å². The van der Waals surface area contributed by atoms with Crippen molar-refractivity contribution in [2.75, 3.05) is 13.2 Å². The van der Waals surface area contributed by atoms with E-state index in [9.17, 15) is 5.11 Å². The Hall–Kier alpha value is -0.770. The number of aryl methyl sites for hydroxylation is 1. The molecule has 3 nitrogen and oxygen atoms in total. The van der Waals surface area contributed by atoms with Crippen LogP contribution in [0.4, 0.5) is 0 Å². The van der Waals surface area contributed by atoms with Crippen LogP contribution in [0.2, 0.25) is 0 Å². The van der Waals surface area contributed by atoms with Crippen LogP contribution in [0.3, 0.4) is 0 Å². The number of aliphatic hydroxyl groups is 1. The van der Waals surface area contributed by atoms with Gasteiger partial charge in [-0.1, -0.05) is 19.9 Å². The Morgan fingerprint density at radius 2 is 2.05 bits per heavy atom. The first-order chi connectivity index (χ1) is 9.06. The fourth-order valence-corrected chi connectivity index (χ4v) is 2.23. The Morgan fingerprint density at radius 3 is 2.60 bits per heavy atom. The van der Waals surface area contributed by atoms with Crippen LogP contribution in [-0.4, -0.2) is 30.4 Å². The monoisotopic (exact) mass is 299 g/mol. The van der Waals surface area contributed by atoms with Crippen LogP contribution in [-0.2, 0) is 0 Å². The Balaban J connectivity index is 0.00000200. The van der Waals surface area contributed by atoms with Gasteiger partial charge < -0.3 is 15.2 Å². The van der Waals surface area contributed by atoms with Crippen LogP contribution in [0.15, 0.2) is 18.2 Å². The molecule has 0 aliphatic heterocycles. The second kappa shape index (κ2) is 7.87. The molecule has 1 aromatic carbocycles. The summed E-state index contributed by atoms with van der Waals surface area (Å²) in [5.41, 5.74) is 2.60. The average molecular weight is 300 g/mol. The van der Waals surface area contributed by atoms with Gasteiger partial charge in [0.15, 0.2) is 0 Å². The van der Waals surface area contributed by atoms with Crippen molar-refractivity contribution < 1.29 is 9.84 Å². The van der Waals surface area contributed by atoms with Crippen molar-refractivity contribution in [3.05, 3.63) is 29.3 Å². The van der Waals surface area contributed by atoms with Gasteiger partial charge in [-0.15, -0.1) is 12.4 Å². The zero-order valence-electron chi connectivity index (χ0n) is 12.6. The van der Waals surface area contributed by atoms with Crippen molar-refractivity contribution in [1.29, 1.82) is 0 Å². The van der Waals surface area contributed by atoms with E-state index < -0.39 is 6.10 Å². The molecule has 0 amide bonds. The number of aliphatic hydroxyl groups excluding tert-OH is 1. The lowest BCUT2D eigenvalue weighted by atomic mass is 9.98. The number of rotatable bonds is 7. The molecule has 0 radical (unpaired) electrons. The fraction of sp³-hybridized carbons (Fsp3) is 0.625. The smallest absolute Gasteiger partial charge is 0.119 e. The molecule has 1 aliphatic carbocycles. The lowest BCUT2D eigenvalue weighted by Gasteiger charge is -2.15. The summed E-state index contributed by atoms with van der Waals surface area (Å²) >= 11 is 0. The van der Waals surface area contributed by atoms with Crippen LogP contribution in [0.5, 0.6) is 5.75 Å². The zero-order valence-corrected chi connectivity index (χ0v) is 13.4. The van der Waals surface area contributed by atoms with Gasteiger partial charge in [0.1, 0.15) is 18.5 Å². The van der Waals surface area contributed by atoms with E-state index in [0.29, 0.717) is 25.1 Å². The van der Waals surface area contributed by atoms with Crippen molar-refractivity contribution in [1.82, 2.24) is 5.32 Å². The minimum atomic E-state index is -0.439. The third kappa shape index (κ3) is 5.31. The Kier molecular flexibility index (Phi) is 6.80. The van der Waals surface area contributed by atoms with Gasteiger partial charge in [0.05, 0.1) is 0 Å². The standard InChI is InChI=1S/C16H25NO2.ClH/c1-11(2)16-7-6-15(8-12(16)3)19-10-14(18)9-17-13-4-5-13;/h6-8,11,13-14,17-18H,4-5,9-10H2,1-3H3;1H. The molecule has 1 saturated carbocycles. The molecule has 2 N–H and O–H groups in total. The van der Waals surface area contributed by atoms with E-state index in [1.54, 1.807) is 0 Å². The summed E-state index contributed by atoms with van der Waals surface area (Å²) in [5.74, 6) is 1.37. The van der Waals surface area contributed by atoms with E-state index in [1.807, 2.05) is 6.07 Å². The molecule has 4 heteroatoms.